The molecule has 0 bridgehead atoms. The molecule has 84 valence electrons. The lowest BCUT2D eigenvalue weighted by atomic mass is 10.2. The molecule has 4 heteroatoms. The lowest BCUT2D eigenvalue weighted by molar-refractivity contribution is -0.130. The fraction of sp³-hybridized carbons (Fsp3) is 0.909. The number of nitrogens with one attached hydrogen (secondary N) is 1. The van der Waals surface area contributed by atoms with E-state index in [1.165, 1.54) is 12.8 Å². The molecule has 3 nitrogen and oxygen atoms in total. The Hall–Kier alpha value is -0.220. The molecule has 1 heterocycles. The van der Waals surface area contributed by atoms with Crippen molar-refractivity contribution in [1.82, 2.24) is 10.2 Å². The van der Waals surface area contributed by atoms with E-state index in [1.807, 2.05) is 11.8 Å². The number of hydrogen-bond acceptors (Lipinski definition) is 3. The molecule has 1 saturated heterocycles. The van der Waals surface area contributed by atoms with Crippen molar-refractivity contribution in [3.05, 3.63) is 0 Å². The van der Waals surface area contributed by atoms with Gasteiger partial charge in [0.2, 0.25) is 5.91 Å². The third-order valence-electron chi connectivity index (χ3n) is 4.07. The molecule has 3 aliphatic rings. The predicted molar refractivity (Wildman–Crippen MR) is 61.8 cm³/mol. The Labute approximate surface area is 95.0 Å². The molecule has 1 atom stereocenters. The summed E-state index contributed by atoms with van der Waals surface area (Å²) in [5.74, 6) is 0.357. The molecule has 15 heavy (non-hydrogen) atoms. The van der Waals surface area contributed by atoms with Gasteiger partial charge in [-0.15, -0.1) is 0 Å². The van der Waals surface area contributed by atoms with E-state index in [-0.39, 0.29) is 11.7 Å². The Balaban J connectivity index is 1.73. The highest BCUT2D eigenvalue weighted by atomic mass is 32.2. The van der Waals surface area contributed by atoms with Crippen molar-refractivity contribution in [2.45, 2.75) is 49.1 Å². The van der Waals surface area contributed by atoms with Gasteiger partial charge >= 0.3 is 0 Å². The molecule has 0 aromatic rings. The van der Waals surface area contributed by atoms with E-state index in [1.54, 1.807) is 0 Å². The Morgan fingerprint density at radius 2 is 2.13 bits per heavy atom. The molecule has 1 aliphatic heterocycles. The minimum atomic E-state index is -0.131. The number of hydrogen-bond donors (Lipinski definition) is 1. The number of carbonyl (C=O) groups excluding carboxylic acids is 1. The lowest BCUT2D eigenvalue weighted by Crippen LogP contribution is -2.40. The maximum Gasteiger partial charge on any atom is 0.244 e. The van der Waals surface area contributed by atoms with Crippen LogP contribution in [0.4, 0.5) is 0 Å². The molecule has 3 fully saturated rings. The van der Waals surface area contributed by atoms with Gasteiger partial charge in [0, 0.05) is 11.3 Å². The first-order chi connectivity index (χ1) is 7.11. The molecule has 3 rings (SSSR count). The first-order valence-corrected chi connectivity index (χ1v) is 6.97. The van der Waals surface area contributed by atoms with Crippen LogP contribution in [-0.2, 0) is 4.79 Å². The van der Waals surface area contributed by atoms with Gasteiger partial charge in [-0.05, 0) is 38.9 Å². The van der Waals surface area contributed by atoms with E-state index < -0.39 is 0 Å². The molecule has 1 unspecified atom stereocenters. The van der Waals surface area contributed by atoms with Gasteiger partial charge in [0.1, 0.15) is 0 Å². The summed E-state index contributed by atoms with van der Waals surface area (Å²) in [7, 11) is 0. The van der Waals surface area contributed by atoms with E-state index in [9.17, 15) is 4.79 Å². The van der Waals surface area contributed by atoms with Gasteiger partial charge in [0.05, 0.1) is 11.7 Å². The van der Waals surface area contributed by atoms with Crippen LogP contribution in [0.15, 0.2) is 0 Å². The van der Waals surface area contributed by atoms with Gasteiger partial charge in [-0.2, -0.15) is 11.8 Å². The highest BCUT2D eigenvalue weighted by Crippen LogP contribution is 2.50. The average molecular weight is 226 g/mol. The van der Waals surface area contributed by atoms with Crippen LogP contribution in [0.3, 0.4) is 0 Å². The maximum atomic E-state index is 12.2. The number of nitrogens with zero attached hydrogens (tertiary/aromatic N) is 1. The Morgan fingerprint density at radius 1 is 1.47 bits per heavy atom. The lowest BCUT2D eigenvalue weighted by Gasteiger charge is -2.25. The topological polar surface area (TPSA) is 32.3 Å². The van der Waals surface area contributed by atoms with E-state index in [2.05, 4.69) is 23.4 Å². The smallest absolute Gasteiger partial charge is 0.244 e. The van der Waals surface area contributed by atoms with Crippen molar-refractivity contribution in [3.8, 4) is 0 Å². The highest BCUT2D eigenvalue weighted by molar-refractivity contribution is 8.00. The summed E-state index contributed by atoms with van der Waals surface area (Å²) in [6.45, 7) is 3.06. The third kappa shape index (κ3) is 1.41. The van der Waals surface area contributed by atoms with Crippen molar-refractivity contribution in [2.24, 2.45) is 0 Å². The second kappa shape index (κ2) is 2.92. The molecule has 1 N–H and O–H groups in total. The first-order valence-electron chi connectivity index (χ1n) is 5.75. The molecule has 1 spiro atoms. The van der Waals surface area contributed by atoms with Gasteiger partial charge < -0.3 is 4.90 Å². The van der Waals surface area contributed by atoms with Gasteiger partial charge in [-0.3, -0.25) is 10.1 Å². The van der Waals surface area contributed by atoms with Crippen LogP contribution in [0.2, 0.25) is 0 Å². The molecule has 0 aromatic carbocycles. The van der Waals surface area contributed by atoms with E-state index in [4.69, 9.17) is 0 Å². The molecule has 1 amide bonds. The van der Waals surface area contributed by atoms with Crippen LogP contribution in [0.25, 0.3) is 0 Å². The summed E-state index contributed by atoms with van der Waals surface area (Å²) < 4.78 is 0.395. The second-order valence-corrected chi connectivity index (χ2v) is 6.50. The van der Waals surface area contributed by atoms with Crippen LogP contribution < -0.4 is 5.32 Å². The molecular weight excluding hydrogens is 208 g/mol. The third-order valence-corrected chi connectivity index (χ3v) is 5.48. The average Bonchev–Trinajstić information content (AvgIpc) is 3.09. The van der Waals surface area contributed by atoms with Crippen molar-refractivity contribution >= 4 is 17.7 Å². The monoisotopic (exact) mass is 226 g/mol. The largest absolute Gasteiger partial charge is 0.324 e. The minimum Gasteiger partial charge on any atom is -0.324 e. The van der Waals surface area contributed by atoms with Gasteiger partial charge in [-0.1, -0.05) is 0 Å². The maximum absolute atomic E-state index is 12.2. The van der Waals surface area contributed by atoms with Gasteiger partial charge in [-0.25, -0.2) is 0 Å². The Morgan fingerprint density at radius 3 is 2.53 bits per heavy atom. The standard InChI is InChI=1S/C11H18N2OS/c1-8-12-11(5-6-11)9(14)13(8)7-10(15-2)3-4-10/h8,12H,3-7H2,1-2H3. The number of thioether (sulfide) groups is 1. The van der Waals surface area contributed by atoms with Crippen LogP contribution in [-0.4, -0.2) is 40.1 Å². The summed E-state index contributed by atoms with van der Waals surface area (Å²) in [6.07, 6.45) is 7.04. The van der Waals surface area contributed by atoms with Crippen LogP contribution in [0, 0.1) is 0 Å². The SMILES string of the molecule is CSC1(CN2C(=O)C3(CC3)NC2C)CC1. The number of rotatable bonds is 3. The normalized spacial score (nSPS) is 34.9. The molecule has 0 aromatic heterocycles. The summed E-state index contributed by atoms with van der Waals surface area (Å²) in [5.41, 5.74) is -0.131. The fourth-order valence-corrected chi connectivity index (χ4v) is 3.34. The van der Waals surface area contributed by atoms with Gasteiger partial charge in [0.25, 0.3) is 0 Å². The van der Waals surface area contributed by atoms with Crippen LogP contribution in [0.5, 0.6) is 0 Å². The molecule has 2 aliphatic carbocycles. The number of amides is 1. The Bertz CT molecular complexity index is 310. The van der Waals surface area contributed by atoms with Crippen molar-refractivity contribution in [1.29, 1.82) is 0 Å². The zero-order valence-electron chi connectivity index (χ0n) is 9.38. The van der Waals surface area contributed by atoms with E-state index in [0.717, 1.165) is 19.4 Å². The number of carbonyl (C=O) groups is 1. The first kappa shape index (κ1) is 9.97. The van der Waals surface area contributed by atoms with E-state index in [0.29, 0.717) is 10.7 Å². The summed E-state index contributed by atoms with van der Waals surface area (Å²) in [5, 5.41) is 3.45. The quantitative estimate of drug-likeness (QED) is 0.784. The molecule has 2 saturated carbocycles. The van der Waals surface area contributed by atoms with Crippen molar-refractivity contribution < 1.29 is 4.79 Å². The molecular formula is C11H18N2OS. The summed E-state index contributed by atoms with van der Waals surface area (Å²) >= 11 is 1.93. The Kier molecular flexibility index (Phi) is 1.94. The zero-order valence-corrected chi connectivity index (χ0v) is 10.2. The van der Waals surface area contributed by atoms with E-state index >= 15 is 0 Å². The second-order valence-electron chi connectivity index (χ2n) is 5.22. The van der Waals surface area contributed by atoms with Gasteiger partial charge in [0.15, 0.2) is 0 Å². The fourth-order valence-electron chi connectivity index (χ4n) is 2.56. The van der Waals surface area contributed by atoms with Crippen LogP contribution >= 0.6 is 11.8 Å². The van der Waals surface area contributed by atoms with Crippen LogP contribution in [0.1, 0.15) is 32.6 Å². The summed E-state index contributed by atoms with van der Waals surface area (Å²) in [4.78, 5) is 14.2. The zero-order chi connectivity index (χ0) is 10.7. The van der Waals surface area contributed by atoms with Crippen molar-refractivity contribution in [3.63, 3.8) is 0 Å². The minimum absolute atomic E-state index is 0.131. The van der Waals surface area contributed by atoms with Crippen molar-refractivity contribution in [2.75, 3.05) is 12.8 Å². The highest BCUT2D eigenvalue weighted by Gasteiger charge is 2.59. The predicted octanol–water partition coefficient (Wildman–Crippen LogP) is 1.19. The molecule has 0 radical (unpaired) electrons. The summed E-state index contributed by atoms with van der Waals surface area (Å²) in [6, 6.07) is 0.